The average Bonchev–Trinajstić information content (AvgIpc) is 2.60. The van der Waals surface area contributed by atoms with Gasteiger partial charge in [-0.25, -0.2) is 18.1 Å². The quantitative estimate of drug-likeness (QED) is 0.174. The number of rotatable bonds is 11. The van der Waals surface area contributed by atoms with Gasteiger partial charge in [-0.2, -0.15) is 0 Å². The fourth-order valence-electron chi connectivity index (χ4n) is 2.54. The van der Waals surface area contributed by atoms with Gasteiger partial charge >= 0.3 is 0 Å². The molecule has 29 heavy (non-hydrogen) atoms. The van der Waals surface area contributed by atoms with Gasteiger partial charge in [0.2, 0.25) is 10.0 Å². The third kappa shape index (κ3) is 11.8. The summed E-state index contributed by atoms with van der Waals surface area (Å²) in [5, 5.41) is 6.48. The van der Waals surface area contributed by atoms with Crippen LogP contribution < -0.4 is 15.4 Å². The molecule has 3 N–H and O–H groups in total. The predicted octanol–water partition coefficient (Wildman–Crippen LogP) is 3.25. The maximum atomic E-state index is 12.7. The first-order chi connectivity index (χ1) is 13.2. The molecule has 0 unspecified atom stereocenters. The van der Waals surface area contributed by atoms with E-state index in [-0.39, 0.29) is 35.4 Å². The summed E-state index contributed by atoms with van der Waals surface area (Å²) in [6.07, 6.45) is 1.96. The SMILES string of the molecule is CCNC(=NCc1ccccc1S(=O)(=O)NC(C)(C)C)NCCCCOCC.I. The van der Waals surface area contributed by atoms with E-state index in [1.165, 1.54) is 0 Å². The molecular weight excluding hydrogens is 503 g/mol. The van der Waals surface area contributed by atoms with Gasteiger partial charge in [0.25, 0.3) is 0 Å². The second-order valence-corrected chi connectivity index (χ2v) is 9.14. The molecule has 0 aliphatic heterocycles. The number of guanidine groups is 1. The molecule has 0 amide bonds. The van der Waals surface area contributed by atoms with Crippen LogP contribution >= 0.6 is 24.0 Å². The molecule has 0 bridgehead atoms. The van der Waals surface area contributed by atoms with Crippen LogP contribution in [0.4, 0.5) is 0 Å². The second kappa shape index (κ2) is 14.2. The van der Waals surface area contributed by atoms with Crippen LogP contribution in [0.25, 0.3) is 0 Å². The minimum absolute atomic E-state index is 0. The summed E-state index contributed by atoms with van der Waals surface area (Å²) >= 11 is 0. The molecule has 0 fully saturated rings. The Morgan fingerprint density at radius 2 is 1.79 bits per heavy atom. The third-order valence-electron chi connectivity index (χ3n) is 3.67. The number of unbranched alkanes of at least 4 members (excludes halogenated alkanes) is 1. The van der Waals surface area contributed by atoms with Gasteiger partial charge in [-0.15, -0.1) is 24.0 Å². The largest absolute Gasteiger partial charge is 0.382 e. The van der Waals surface area contributed by atoms with E-state index < -0.39 is 15.6 Å². The highest BCUT2D eigenvalue weighted by Gasteiger charge is 2.24. The van der Waals surface area contributed by atoms with Crippen LogP contribution in [0.5, 0.6) is 0 Å². The Balaban J connectivity index is 0.00000784. The van der Waals surface area contributed by atoms with E-state index in [4.69, 9.17) is 4.74 Å². The fourth-order valence-corrected chi connectivity index (χ4v) is 4.19. The van der Waals surface area contributed by atoms with Crippen LogP contribution in [0.1, 0.15) is 53.0 Å². The Bertz CT molecular complexity index is 719. The van der Waals surface area contributed by atoms with Gasteiger partial charge < -0.3 is 15.4 Å². The van der Waals surface area contributed by atoms with Crippen LogP contribution in [-0.2, 0) is 21.3 Å². The minimum Gasteiger partial charge on any atom is -0.382 e. The average molecular weight is 541 g/mol. The van der Waals surface area contributed by atoms with E-state index in [1.807, 2.05) is 40.7 Å². The van der Waals surface area contributed by atoms with Crippen LogP contribution in [-0.4, -0.2) is 46.2 Å². The van der Waals surface area contributed by atoms with Gasteiger partial charge in [0.05, 0.1) is 11.4 Å². The summed E-state index contributed by atoms with van der Waals surface area (Å²) in [4.78, 5) is 4.82. The second-order valence-electron chi connectivity index (χ2n) is 7.49. The predicted molar refractivity (Wildman–Crippen MR) is 130 cm³/mol. The van der Waals surface area contributed by atoms with Crippen LogP contribution in [0.2, 0.25) is 0 Å². The number of aliphatic imine (C=N–C) groups is 1. The lowest BCUT2D eigenvalue weighted by molar-refractivity contribution is 0.143. The molecule has 0 aromatic heterocycles. The zero-order chi connectivity index (χ0) is 21.0. The summed E-state index contributed by atoms with van der Waals surface area (Å²) in [7, 11) is -3.61. The summed E-state index contributed by atoms with van der Waals surface area (Å²) in [5.41, 5.74) is 0.112. The first kappa shape index (κ1) is 28.1. The number of nitrogens with one attached hydrogen (secondary N) is 3. The van der Waals surface area contributed by atoms with E-state index in [0.29, 0.717) is 11.5 Å². The number of hydrogen-bond donors (Lipinski definition) is 3. The maximum absolute atomic E-state index is 12.7. The van der Waals surface area contributed by atoms with Gasteiger partial charge in [-0.05, 0) is 59.1 Å². The number of sulfonamides is 1. The van der Waals surface area contributed by atoms with Crippen molar-refractivity contribution in [3.05, 3.63) is 29.8 Å². The van der Waals surface area contributed by atoms with Gasteiger partial charge in [0.15, 0.2) is 5.96 Å². The monoisotopic (exact) mass is 540 g/mol. The van der Waals surface area contributed by atoms with E-state index in [9.17, 15) is 8.42 Å². The fraction of sp³-hybridized carbons (Fsp3) is 0.650. The molecule has 7 nitrogen and oxygen atoms in total. The van der Waals surface area contributed by atoms with Gasteiger partial charge in [0.1, 0.15) is 0 Å². The molecular formula is C20H37IN4O3S. The van der Waals surface area contributed by atoms with Gasteiger partial charge in [-0.3, -0.25) is 0 Å². The molecule has 0 spiro atoms. The summed E-state index contributed by atoms with van der Waals surface area (Å²) < 4.78 is 33.5. The summed E-state index contributed by atoms with van der Waals surface area (Å²) in [5.74, 6) is 0.676. The van der Waals surface area contributed by atoms with Crippen LogP contribution in [0.15, 0.2) is 34.2 Å². The normalized spacial score (nSPS) is 12.4. The molecule has 1 aromatic rings. The molecule has 0 aliphatic rings. The number of ether oxygens (including phenoxy) is 1. The molecule has 0 saturated carbocycles. The van der Waals surface area contributed by atoms with Crippen molar-refractivity contribution in [3.63, 3.8) is 0 Å². The van der Waals surface area contributed by atoms with E-state index in [0.717, 1.165) is 39.1 Å². The van der Waals surface area contributed by atoms with E-state index in [1.54, 1.807) is 18.2 Å². The van der Waals surface area contributed by atoms with Crippen molar-refractivity contribution >= 4 is 40.0 Å². The van der Waals surface area contributed by atoms with Crippen molar-refractivity contribution in [3.8, 4) is 0 Å². The highest BCUT2D eigenvalue weighted by molar-refractivity contribution is 14.0. The van der Waals surface area contributed by atoms with Crippen molar-refractivity contribution in [2.45, 2.75) is 64.4 Å². The van der Waals surface area contributed by atoms with Crippen molar-refractivity contribution in [1.82, 2.24) is 15.4 Å². The first-order valence-corrected chi connectivity index (χ1v) is 11.4. The third-order valence-corrected chi connectivity index (χ3v) is 5.52. The smallest absolute Gasteiger partial charge is 0.241 e. The Morgan fingerprint density at radius 3 is 2.41 bits per heavy atom. The first-order valence-electron chi connectivity index (χ1n) is 9.91. The van der Waals surface area contributed by atoms with Crippen molar-refractivity contribution in [2.75, 3.05) is 26.3 Å². The van der Waals surface area contributed by atoms with Crippen molar-refractivity contribution < 1.29 is 13.2 Å². The Kier molecular flexibility index (Phi) is 13.7. The molecule has 9 heteroatoms. The standard InChI is InChI=1S/C20H36N4O3S.HI/c1-6-21-19(22-14-10-11-15-27-7-2)23-16-17-12-8-9-13-18(17)28(25,26)24-20(3,4)5;/h8-9,12-13,24H,6-7,10-11,14-16H2,1-5H3,(H2,21,22,23);1H. The molecule has 1 aromatic carbocycles. The molecule has 0 aliphatic carbocycles. The molecule has 0 atom stereocenters. The summed E-state index contributed by atoms with van der Waals surface area (Å²) in [6.45, 7) is 12.7. The maximum Gasteiger partial charge on any atom is 0.241 e. The Morgan fingerprint density at radius 1 is 1.10 bits per heavy atom. The van der Waals surface area contributed by atoms with Gasteiger partial charge in [-0.1, -0.05) is 18.2 Å². The molecule has 0 saturated heterocycles. The number of halogens is 1. The zero-order valence-corrected chi connectivity index (χ0v) is 21.4. The molecule has 0 radical (unpaired) electrons. The molecule has 1 rings (SSSR count). The molecule has 168 valence electrons. The van der Waals surface area contributed by atoms with Crippen molar-refractivity contribution in [1.29, 1.82) is 0 Å². The minimum atomic E-state index is -3.61. The topological polar surface area (TPSA) is 91.8 Å². The van der Waals surface area contributed by atoms with Crippen LogP contribution in [0, 0.1) is 0 Å². The van der Waals surface area contributed by atoms with E-state index >= 15 is 0 Å². The lowest BCUT2D eigenvalue weighted by atomic mass is 10.1. The molecule has 0 heterocycles. The van der Waals surface area contributed by atoms with Crippen molar-refractivity contribution in [2.24, 2.45) is 4.99 Å². The van der Waals surface area contributed by atoms with E-state index in [2.05, 4.69) is 20.3 Å². The number of nitrogens with zero attached hydrogens (tertiary/aromatic N) is 1. The Labute approximate surface area is 193 Å². The summed E-state index contributed by atoms with van der Waals surface area (Å²) in [6, 6.07) is 6.97. The highest BCUT2D eigenvalue weighted by Crippen LogP contribution is 2.18. The lowest BCUT2D eigenvalue weighted by Gasteiger charge is -2.21. The zero-order valence-electron chi connectivity index (χ0n) is 18.2. The number of benzene rings is 1. The van der Waals surface area contributed by atoms with Gasteiger partial charge in [0, 0.05) is 31.8 Å². The van der Waals surface area contributed by atoms with Crippen LogP contribution in [0.3, 0.4) is 0 Å². The Hall–Kier alpha value is -0.910. The lowest BCUT2D eigenvalue weighted by Crippen LogP contribution is -2.40. The highest BCUT2D eigenvalue weighted by atomic mass is 127. The number of hydrogen-bond acceptors (Lipinski definition) is 4.